The summed E-state index contributed by atoms with van der Waals surface area (Å²) in [5.74, 6) is 0.679. The van der Waals surface area contributed by atoms with Crippen LogP contribution in [0.4, 0.5) is 5.69 Å². The molecule has 1 aliphatic carbocycles. The number of hydrogen-bond acceptors (Lipinski definition) is 6. The van der Waals surface area contributed by atoms with Gasteiger partial charge in [-0.1, -0.05) is 11.8 Å². The summed E-state index contributed by atoms with van der Waals surface area (Å²) in [6.45, 7) is 0. The van der Waals surface area contributed by atoms with Gasteiger partial charge < -0.3 is 14.9 Å². The third-order valence-corrected chi connectivity index (χ3v) is 4.78. The summed E-state index contributed by atoms with van der Waals surface area (Å²) in [6.07, 6.45) is 2.59. The van der Waals surface area contributed by atoms with E-state index in [9.17, 15) is 4.79 Å². The molecule has 0 spiro atoms. The van der Waals surface area contributed by atoms with E-state index >= 15 is 0 Å². The lowest BCUT2D eigenvalue weighted by molar-refractivity contribution is -0.141. The molecule has 5 nitrogen and oxygen atoms in total. The smallest absolute Gasteiger partial charge is 0.306 e. The minimum atomic E-state index is -0.145. The van der Waals surface area contributed by atoms with Crippen LogP contribution in [0, 0.1) is 5.41 Å². The van der Waals surface area contributed by atoms with E-state index in [0.717, 1.165) is 29.7 Å². The number of nitrogen functional groups attached to an aromatic ring is 1. The maximum Gasteiger partial charge on any atom is 0.306 e. The van der Waals surface area contributed by atoms with Crippen molar-refractivity contribution in [3.63, 3.8) is 0 Å². The molecule has 106 valence electrons. The summed E-state index contributed by atoms with van der Waals surface area (Å²) in [5, 5.41) is 0.627. The maximum absolute atomic E-state index is 11.4. The molecule has 1 saturated carbocycles. The van der Waals surface area contributed by atoms with Gasteiger partial charge in [-0.05, 0) is 36.5 Å². The van der Waals surface area contributed by atoms with Crippen LogP contribution in [-0.4, -0.2) is 23.8 Å². The van der Waals surface area contributed by atoms with Crippen molar-refractivity contribution in [2.45, 2.75) is 24.5 Å². The minimum absolute atomic E-state index is 0.0669. The monoisotopic (exact) mass is 292 g/mol. The minimum Gasteiger partial charge on any atom is -0.469 e. The molecule has 1 fully saturated rings. The number of rotatable bonds is 5. The van der Waals surface area contributed by atoms with Crippen LogP contribution in [0.2, 0.25) is 0 Å². The zero-order chi connectivity index (χ0) is 14.2. The van der Waals surface area contributed by atoms with Crippen LogP contribution in [0.1, 0.15) is 19.3 Å². The Balaban J connectivity index is 1.66. The fourth-order valence-electron chi connectivity index (χ4n) is 2.13. The molecule has 0 unspecified atom stereocenters. The second kappa shape index (κ2) is 5.01. The average molecular weight is 292 g/mol. The Bertz CT molecular complexity index is 649. The fraction of sp³-hybridized carbons (Fsp3) is 0.429. The molecule has 0 amide bonds. The van der Waals surface area contributed by atoms with E-state index in [-0.39, 0.29) is 11.4 Å². The van der Waals surface area contributed by atoms with Gasteiger partial charge in [-0.15, -0.1) is 0 Å². The number of methoxy groups -OCH3 is 1. The Kier molecular flexibility index (Phi) is 3.33. The number of aromatic nitrogens is 1. The van der Waals surface area contributed by atoms with Gasteiger partial charge in [0.2, 0.25) is 0 Å². The molecular formula is C14H16N2O3S. The van der Waals surface area contributed by atoms with Crippen molar-refractivity contribution in [1.29, 1.82) is 0 Å². The summed E-state index contributed by atoms with van der Waals surface area (Å²) in [4.78, 5) is 15.8. The van der Waals surface area contributed by atoms with Crippen molar-refractivity contribution < 1.29 is 13.9 Å². The lowest BCUT2D eigenvalue weighted by atomic mass is 10.1. The highest BCUT2D eigenvalue weighted by Gasteiger charge is 2.44. The molecule has 20 heavy (non-hydrogen) atoms. The average Bonchev–Trinajstić information content (AvgIpc) is 3.07. The zero-order valence-electron chi connectivity index (χ0n) is 11.2. The van der Waals surface area contributed by atoms with Crippen molar-refractivity contribution in [1.82, 2.24) is 4.98 Å². The van der Waals surface area contributed by atoms with Gasteiger partial charge in [0, 0.05) is 11.4 Å². The van der Waals surface area contributed by atoms with Gasteiger partial charge in [0.05, 0.1) is 13.5 Å². The first-order valence-corrected chi connectivity index (χ1v) is 7.44. The summed E-state index contributed by atoms with van der Waals surface area (Å²) in [5.41, 5.74) is 7.96. The van der Waals surface area contributed by atoms with Crippen molar-refractivity contribution >= 4 is 34.5 Å². The Morgan fingerprint density at radius 2 is 2.35 bits per heavy atom. The third-order valence-electron chi connectivity index (χ3n) is 3.60. The molecular weight excluding hydrogens is 276 g/mol. The number of nitrogens with zero attached hydrogens (tertiary/aromatic N) is 1. The van der Waals surface area contributed by atoms with Gasteiger partial charge in [0.25, 0.3) is 5.22 Å². The molecule has 0 bridgehead atoms. The summed E-state index contributed by atoms with van der Waals surface area (Å²) in [6, 6.07) is 5.41. The van der Waals surface area contributed by atoms with E-state index in [2.05, 4.69) is 4.98 Å². The van der Waals surface area contributed by atoms with Crippen LogP contribution in [0.15, 0.2) is 27.8 Å². The summed E-state index contributed by atoms with van der Waals surface area (Å²) < 4.78 is 10.4. The number of hydrogen-bond donors (Lipinski definition) is 1. The summed E-state index contributed by atoms with van der Waals surface area (Å²) in [7, 11) is 1.43. The molecule has 2 N–H and O–H groups in total. The Hall–Kier alpha value is -1.69. The third kappa shape index (κ3) is 2.75. The molecule has 1 aromatic heterocycles. The lowest BCUT2D eigenvalue weighted by Crippen LogP contribution is -2.12. The molecule has 1 heterocycles. The molecule has 6 heteroatoms. The molecule has 2 aromatic rings. The van der Waals surface area contributed by atoms with Gasteiger partial charge in [-0.3, -0.25) is 4.79 Å². The second-order valence-corrected chi connectivity index (χ2v) is 6.18. The van der Waals surface area contributed by atoms with Gasteiger partial charge in [0.1, 0.15) is 5.52 Å². The van der Waals surface area contributed by atoms with Gasteiger partial charge >= 0.3 is 5.97 Å². The normalized spacial score (nSPS) is 16.2. The molecule has 0 aliphatic heterocycles. The Morgan fingerprint density at radius 1 is 1.55 bits per heavy atom. The number of fused-ring (bicyclic) bond motifs is 1. The predicted molar refractivity (Wildman–Crippen MR) is 77.4 cm³/mol. The van der Waals surface area contributed by atoms with Crippen molar-refractivity contribution in [2.24, 2.45) is 5.41 Å². The van der Waals surface area contributed by atoms with Crippen LogP contribution in [0.25, 0.3) is 11.1 Å². The largest absolute Gasteiger partial charge is 0.469 e. The van der Waals surface area contributed by atoms with E-state index in [1.165, 1.54) is 7.11 Å². The number of anilines is 1. The Labute approximate surface area is 120 Å². The van der Waals surface area contributed by atoms with Gasteiger partial charge in [-0.25, -0.2) is 4.98 Å². The first kappa shape index (κ1) is 13.3. The molecule has 0 saturated heterocycles. The molecule has 3 rings (SSSR count). The first-order valence-electron chi connectivity index (χ1n) is 6.46. The van der Waals surface area contributed by atoms with E-state index in [4.69, 9.17) is 14.9 Å². The van der Waals surface area contributed by atoms with Crippen molar-refractivity contribution in [3.05, 3.63) is 18.2 Å². The molecule has 0 atom stereocenters. The lowest BCUT2D eigenvalue weighted by Gasteiger charge is -2.11. The van der Waals surface area contributed by atoms with Crippen LogP contribution in [0.5, 0.6) is 0 Å². The standard InChI is InChI=1S/C14H16N2O3S/c1-18-12(17)7-14(4-5-14)8-20-13-16-10-6-9(15)2-3-11(10)19-13/h2-3,6H,4-5,7-8,15H2,1H3. The summed E-state index contributed by atoms with van der Waals surface area (Å²) >= 11 is 1.55. The number of oxazole rings is 1. The number of esters is 1. The molecule has 1 aromatic carbocycles. The highest BCUT2D eigenvalue weighted by Crippen LogP contribution is 2.52. The SMILES string of the molecule is COC(=O)CC1(CSc2nc3cc(N)ccc3o2)CC1. The van der Waals surface area contributed by atoms with Crippen LogP contribution < -0.4 is 5.73 Å². The maximum atomic E-state index is 11.4. The molecule has 1 aliphatic rings. The number of carbonyl (C=O) groups is 1. The zero-order valence-corrected chi connectivity index (χ0v) is 12.0. The van der Waals surface area contributed by atoms with Crippen LogP contribution in [0.3, 0.4) is 0 Å². The number of thioether (sulfide) groups is 1. The highest BCUT2D eigenvalue weighted by molar-refractivity contribution is 7.99. The topological polar surface area (TPSA) is 78.3 Å². The predicted octanol–water partition coefficient (Wildman–Crippen LogP) is 2.85. The van der Waals surface area contributed by atoms with Crippen molar-refractivity contribution in [2.75, 3.05) is 18.6 Å². The number of nitrogens with two attached hydrogens (primary N) is 1. The van der Waals surface area contributed by atoms with E-state index in [0.29, 0.717) is 17.3 Å². The van der Waals surface area contributed by atoms with Crippen molar-refractivity contribution in [3.8, 4) is 0 Å². The van der Waals surface area contributed by atoms with E-state index < -0.39 is 0 Å². The number of benzene rings is 1. The quantitative estimate of drug-likeness (QED) is 0.518. The highest BCUT2D eigenvalue weighted by atomic mass is 32.2. The fourth-order valence-corrected chi connectivity index (χ4v) is 3.26. The van der Waals surface area contributed by atoms with Gasteiger partial charge in [0.15, 0.2) is 5.58 Å². The Morgan fingerprint density at radius 3 is 3.05 bits per heavy atom. The number of carbonyl (C=O) groups excluding carboxylic acids is 1. The van der Waals surface area contributed by atoms with Gasteiger partial charge in [-0.2, -0.15) is 0 Å². The number of ether oxygens (including phenoxy) is 1. The van der Waals surface area contributed by atoms with E-state index in [1.807, 2.05) is 6.07 Å². The van der Waals surface area contributed by atoms with E-state index in [1.54, 1.807) is 23.9 Å². The first-order chi connectivity index (χ1) is 9.60. The van der Waals surface area contributed by atoms with Crippen LogP contribution >= 0.6 is 11.8 Å². The van der Waals surface area contributed by atoms with Crippen LogP contribution in [-0.2, 0) is 9.53 Å². The second-order valence-electron chi connectivity index (χ2n) is 5.25. The molecule has 0 radical (unpaired) electrons.